The summed E-state index contributed by atoms with van der Waals surface area (Å²) in [6.07, 6.45) is 5.40. The highest BCUT2D eigenvalue weighted by molar-refractivity contribution is 7.09. The molecule has 0 spiro atoms. The molecule has 3 aromatic heterocycles. The molecule has 132 valence electrons. The average molecular weight is 366 g/mol. The standard InChI is InChI=1S/C19H18N4O2S/c1-24-13-5-6-15(16(10-13)25-2)18-19(21-11-14-4-3-9-26-14)23-8-7-20-12-17(23)22-18/h3-10,12,21H,11H2,1-2H3. The smallest absolute Gasteiger partial charge is 0.157 e. The second-order valence-corrected chi connectivity index (χ2v) is 6.64. The molecule has 0 radical (unpaired) electrons. The number of hydrogen-bond donors (Lipinski definition) is 1. The highest BCUT2D eigenvalue weighted by Gasteiger charge is 2.18. The van der Waals surface area contributed by atoms with E-state index in [-0.39, 0.29) is 0 Å². The molecule has 4 rings (SSSR count). The number of fused-ring (bicyclic) bond motifs is 1. The number of hydrogen-bond acceptors (Lipinski definition) is 6. The lowest BCUT2D eigenvalue weighted by Crippen LogP contribution is -2.02. The van der Waals surface area contributed by atoms with E-state index in [0.29, 0.717) is 5.75 Å². The number of benzene rings is 1. The van der Waals surface area contributed by atoms with Crippen molar-refractivity contribution in [3.63, 3.8) is 0 Å². The highest BCUT2D eigenvalue weighted by atomic mass is 32.1. The average Bonchev–Trinajstić information content (AvgIpc) is 3.33. The number of nitrogens with zero attached hydrogens (tertiary/aromatic N) is 3. The lowest BCUT2D eigenvalue weighted by molar-refractivity contribution is 0.395. The molecule has 0 aliphatic heterocycles. The maximum Gasteiger partial charge on any atom is 0.157 e. The maximum absolute atomic E-state index is 5.57. The first-order valence-electron chi connectivity index (χ1n) is 8.11. The molecular formula is C19H18N4O2S. The minimum atomic E-state index is 0.708. The monoisotopic (exact) mass is 366 g/mol. The second-order valence-electron chi connectivity index (χ2n) is 5.61. The molecule has 1 aromatic carbocycles. The Bertz CT molecular complexity index is 1030. The van der Waals surface area contributed by atoms with E-state index < -0.39 is 0 Å². The molecule has 0 saturated carbocycles. The van der Waals surface area contributed by atoms with Crippen LogP contribution in [0, 0.1) is 0 Å². The first-order chi connectivity index (χ1) is 12.8. The van der Waals surface area contributed by atoms with Crippen LogP contribution in [0.3, 0.4) is 0 Å². The lowest BCUT2D eigenvalue weighted by atomic mass is 10.1. The molecule has 1 N–H and O–H groups in total. The third-order valence-corrected chi connectivity index (χ3v) is 4.98. The molecule has 4 aromatic rings. The van der Waals surface area contributed by atoms with Crippen molar-refractivity contribution in [2.75, 3.05) is 19.5 Å². The largest absolute Gasteiger partial charge is 0.497 e. The molecule has 6 nitrogen and oxygen atoms in total. The van der Waals surface area contributed by atoms with Crippen molar-refractivity contribution in [2.24, 2.45) is 0 Å². The number of anilines is 1. The number of thiophene rings is 1. The molecule has 0 amide bonds. The van der Waals surface area contributed by atoms with Crippen LogP contribution in [0.4, 0.5) is 5.82 Å². The summed E-state index contributed by atoms with van der Waals surface area (Å²) in [6.45, 7) is 0.721. The normalized spacial score (nSPS) is 10.8. The van der Waals surface area contributed by atoms with E-state index in [0.717, 1.165) is 35.0 Å². The number of ether oxygens (including phenoxy) is 2. The van der Waals surface area contributed by atoms with E-state index in [2.05, 4.69) is 21.7 Å². The van der Waals surface area contributed by atoms with Gasteiger partial charge >= 0.3 is 0 Å². The van der Waals surface area contributed by atoms with Crippen LogP contribution in [0.15, 0.2) is 54.3 Å². The predicted octanol–water partition coefficient (Wildman–Crippen LogP) is 4.09. The van der Waals surface area contributed by atoms with Crippen LogP contribution in [0.1, 0.15) is 4.88 Å². The van der Waals surface area contributed by atoms with Gasteiger partial charge in [0.05, 0.1) is 27.0 Å². The maximum atomic E-state index is 5.57. The van der Waals surface area contributed by atoms with Gasteiger partial charge in [-0.3, -0.25) is 9.38 Å². The van der Waals surface area contributed by atoms with Gasteiger partial charge in [-0.2, -0.15) is 0 Å². The Balaban J connectivity index is 1.82. The van der Waals surface area contributed by atoms with Gasteiger partial charge in [-0.1, -0.05) is 6.07 Å². The second kappa shape index (κ2) is 7.05. The van der Waals surface area contributed by atoms with Gasteiger partial charge in [-0.15, -0.1) is 11.3 Å². The van der Waals surface area contributed by atoms with Crippen molar-refractivity contribution >= 4 is 22.8 Å². The highest BCUT2D eigenvalue weighted by Crippen LogP contribution is 2.37. The van der Waals surface area contributed by atoms with Crippen LogP contribution in [-0.4, -0.2) is 28.6 Å². The Labute approximate surface area is 155 Å². The molecular weight excluding hydrogens is 348 g/mol. The van der Waals surface area contributed by atoms with Crippen LogP contribution in [-0.2, 0) is 6.54 Å². The SMILES string of the molecule is COc1ccc(-c2nc3cnccn3c2NCc2cccs2)c(OC)c1. The Hall–Kier alpha value is -3.06. The van der Waals surface area contributed by atoms with E-state index in [4.69, 9.17) is 14.5 Å². The fraction of sp³-hybridized carbons (Fsp3) is 0.158. The van der Waals surface area contributed by atoms with Crippen molar-refractivity contribution in [1.82, 2.24) is 14.4 Å². The van der Waals surface area contributed by atoms with Gasteiger partial charge in [0.2, 0.25) is 0 Å². The summed E-state index contributed by atoms with van der Waals surface area (Å²) in [5, 5.41) is 5.59. The molecule has 7 heteroatoms. The fourth-order valence-corrected chi connectivity index (χ4v) is 3.49. The Morgan fingerprint density at radius 2 is 2.12 bits per heavy atom. The number of imidazole rings is 1. The molecule has 0 unspecified atom stereocenters. The van der Waals surface area contributed by atoms with Gasteiger partial charge in [-0.05, 0) is 23.6 Å². The van der Waals surface area contributed by atoms with Crippen LogP contribution in [0.5, 0.6) is 11.5 Å². The minimum absolute atomic E-state index is 0.708. The van der Waals surface area contributed by atoms with E-state index in [1.807, 2.05) is 34.9 Å². The summed E-state index contributed by atoms with van der Waals surface area (Å²) < 4.78 is 12.9. The van der Waals surface area contributed by atoms with Gasteiger partial charge in [0, 0.05) is 28.9 Å². The number of rotatable bonds is 6. The topological polar surface area (TPSA) is 60.7 Å². The molecule has 0 aliphatic carbocycles. The zero-order valence-electron chi connectivity index (χ0n) is 14.5. The zero-order valence-corrected chi connectivity index (χ0v) is 15.3. The first-order valence-corrected chi connectivity index (χ1v) is 8.99. The molecule has 3 heterocycles. The summed E-state index contributed by atoms with van der Waals surface area (Å²) in [7, 11) is 3.29. The minimum Gasteiger partial charge on any atom is -0.497 e. The lowest BCUT2D eigenvalue weighted by Gasteiger charge is -2.12. The van der Waals surface area contributed by atoms with Crippen LogP contribution >= 0.6 is 11.3 Å². The quantitative estimate of drug-likeness (QED) is 0.557. The molecule has 0 fully saturated rings. The Morgan fingerprint density at radius 3 is 2.88 bits per heavy atom. The van der Waals surface area contributed by atoms with Crippen molar-refractivity contribution in [3.05, 3.63) is 59.2 Å². The summed E-state index contributed by atoms with van der Waals surface area (Å²) in [4.78, 5) is 10.2. The predicted molar refractivity (Wildman–Crippen MR) is 103 cm³/mol. The molecule has 0 atom stereocenters. The third-order valence-electron chi connectivity index (χ3n) is 4.10. The first kappa shape index (κ1) is 16.4. The van der Waals surface area contributed by atoms with E-state index in [1.54, 1.807) is 38.0 Å². The zero-order chi connectivity index (χ0) is 17.9. The van der Waals surface area contributed by atoms with Crippen molar-refractivity contribution in [3.8, 4) is 22.8 Å². The van der Waals surface area contributed by atoms with E-state index in [9.17, 15) is 0 Å². The van der Waals surface area contributed by atoms with Gasteiger partial charge in [0.25, 0.3) is 0 Å². The van der Waals surface area contributed by atoms with E-state index >= 15 is 0 Å². The van der Waals surface area contributed by atoms with Crippen LogP contribution < -0.4 is 14.8 Å². The van der Waals surface area contributed by atoms with Gasteiger partial charge in [0.1, 0.15) is 23.0 Å². The number of nitrogens with one attached hydrogen (secondary N) is 1. The van der Waals surface area contributed by atoms with Gasteiger partial charge in [-0.25, -0.2) is 4.98 Å². The summed E-state index contributed by atoms with van der Waals surface area (Å²) >= 11 is 1.72. The van der Waals surface area contributed by atoms with Gasteiger partial charge in [0.15, 0.2) is 5.65 Å². The van der Waals surface area contributed by atoms with Crippen LogP contribution in [0.25, 0.3) is 16.9 Å². The number of methoxy groups -OCH3 is 2. The molecule has 0 saturated heterocycles. The van der Waals surface area contributed by atoms with Crippen molar-refractivity contribution in [1.29, 1.82) is 0 Å². The van der Waals surface area contributed by atoms with Gasteiger partial charge < -0.3 is 14.8 Å². The summed E-state index contributed by atoms with van der Waals surface area (Å²) in [6, 6.07) is 9.89. The summed E-state index contributed by atoms with van der Waals surface area (Å²) in [5.74, 6) is 2.35. The summed E-state index contributed by atoms with van der Waals surface area (Å²) in [5.41, 5.74) is 2.48. The Kier molecular flexibility index (Phi) is 4.45. The number of aromatic nitrogens is 3. The molecule has 26 heavy (non-hydrogen) atoms. The van der Waals surface area contributed by atoms with Crippen LogP contribution in [0.2, 0.25) is 0 Å². The molecule has 0 bridgehead atoms. The van der Waals surface area contributed by atoms with Crippen molar-refractivity contribution in [2.45, 2.75) is 6.54 Å². The molecule has 0 aliphatic rings. The van der Waals surface area contributed by atoms with E-state index in [1.165, 1.54) is 4.88 Å². The Morgan fingerprint density at radius 1 is 1.19 bits per heavy atom. The van der Waals surface area contributed by atoms with Crippen molar-refractivity contribution < 1.29 is 9.47 Å². The third kappa shape index (κ3) is 2.97. The fourth-order valence-electron chi connectivity index (χ4n) is 2.84.